The van der Waals surface area contributed by atoms with Crippen molar-refractivity contribution in [1.29, 1.82) is 5.26 Å². The van der Waals surface area contributed by atoms with Gasteiger partial charge in [-0.3, -0.25) is 9.69 Å². The number of rotatable bonds is 3. The fourth-order valence-corrected chi connectivity index (χ4v) is 4.05. The van der Waals surface area contributed by atoms with Gasteiger partial charge in [0.05, 0.1) is 17.1 Å². The molecule has 2 aliphatic heterocycles. The summed E-state index contributed by atoms with van der Waals surface area (Å²) in [5.74, 6) is 0.176. The van der Waals surface area contributed by atoms with Crippen molar-refractivity contribution in [2.24, 2.45) is 0 Å². The summed E-state index contributed by atoms with van der Waals surface area (Å²) in [6, 6.07) is 15.8. The normalized spacial score (nSPS) is 16.9. The highest BCUT2D eigenvalue weighted by Crippen LogP contribution is 2.28. The average molecular weight is 381 g/mol. The van der Waals surface area contributed by atoms with Gasteiger partial charge in [-0.25, -0.2) is 0 Å². The summed E-state index contributed by atoms with van der Waals surface area (Å²) in [7, 11) is 0. The molecule has 2 heterocycles. The van der Waals surface area contributed by atoms with E-state index < -0.39 is 0 Å². The first-order valence-electron chi connectivity index (χ1n) is 9.21. The van der Waals surface area contributed by atoms with Crippen molar-refractivity contribution in [3.8, 4) is 6.07 Å². The van der Waals surface area contributed by atoms with Crippen LogP contribution in [0.1, 0.15) is 11.1 Å². The SMILES string of the molecule is N#Cc1ccc(N2CCN(CC(=O)N3CCc4ccccc43)CC2)cc1Cl. The minimum Gasteiger partial charge on any atom is -0.369 e. The quantitative estimate of drug-likeness (QED) is 0.821. The monoisotopic (exact) mass is 380 g/mol. The van der Waals surface area contributed by atoms with Gasteiger partial charge in [0.25, 0.3) is 0 Å². The molecule has 0 radical (unpaired) electrons. The smallest absolute Gasteiger partial charge is 0.241 e. The number of fused-ring (bicyclic) bond motifs is 1. The predicted octanol–water partition coefficient (Wildman–Crippen LogP) is 2.92. The van der Waals surface area contributed by atoms with Gasteiger partial charge in [-0.1, -0.05) is 29.8 Å². The zero-order chi connectivity index (χ0) is 18.8. The molecule has 1 fully saturated rings. The Hall–Kier alpha value is -2.55. The van der Waals surface area contributed by atoms with Crippen LogP contribution in [-0.4, -0.2) is 50.1 Å². The van der Waals surface area contributed by atoms with Gasteiger partial charge in [-0.05, 0) is 36.2 Å². The molecule has 4 rings (SSSR count). The molecule has 0 aromatic heterocycles. The van der Waals surface area contributed by atoms with Crippen molar-refractivity contribution in [3.05, 3.63) is 58.6 Å². The van der Waals surface area contributed by atoms with Crippen molar-refractivity contribution in [2.75, 3.05) is 49.1 Å². The molecule has 0 N–H and O–H groups in total. The van der Waals surface area contributed by atoms with Gasteiger partial charge in [0.2, 0.25) is 5.91 Å². The maximum absolute atomic E-state index is 12.8. The number of nitriles is 1. The van der Waals surface area contributed by atoms with Gasteiger partial charge in [0.1, 0.15) is 6.07 Å². The molecule has 0 aliphatic carbocycles. The molecular weight excluding hydrogens is 360 g/mol. The Labute approximate surface area is 164 Å². The number of piperazine rings is 1. The summed E-state index contributed by atoms with van der Waals surface area (Å²) < 4.78 is 0. The Bertz CT molecular complexity index is 899. The summed E-state index contributed by atoms with van der Waals surface area (Å²) in [5.41, 5.74) is 3.84. The Balaban J connectivity index is 1.34. The lowest BCUT2D eigenvalue weighted by Gasteiger charge is -2.36. The maximum atomic E-state index is 12.8. The average Bonchev–Trinajstić information content (AvgIpc) is 3.13. The van der Waals surface area contributed by atoms with Crippen LogP contribution in [0.4, 0.5) is 11.4 Å². The van der Waals surface area contributed by atoms with Crippen LogP contribution in [0.3, 0.4) is 0 Å². The second-order valence-corrected chi connectivity index (χ2v) is 7.37. The van der Waals surface area contributed by atoms with E-state index in [1.807, 2.05) is 35.2 Å². The summed E-state index contributed by atoms with van der Waals surface area (Å²) in [6.07, 6.45) is 0.940. The van der Waals surface area contributed by atoms with Crippen molar-refractivity contribution in [1.82, 2.24) is 4.90 Å². The number of anilines is 2. The highest BCUT2D eigenvalue weighted by molar-refractivity contribution is 6.32. The van der Waals surface area contributed by atoms with Crippen LogP contribution in [0.2, 0.25) is 5.02 Å². The molecule has 2 aromatic carbocycles. The molecule has 138 valence electrons. The fourth-order valence-electron chi connectivity index (χ4n) is 3.83. The molecule has 6 heteroatoms. The van der Waals surface area contributed by atoms with Crippen LogP contribution >= 0.6 is 11.6 Å². The molecule has 2 aromatic rings. The predicted molar refractivity (Wildman–Crippen MR) is 107 cm³/mol. The summed E-state index contributed by atoms with van der Waals surface area (Å²) in [6.45, 7) is 4.58. The van der Waals surface area contributed by atoms with E-state index in [9.17, 15) is 4.79 Å². The van der Waals surface area contributed by atoms with Crippen LogP contribution in [0.5, 0.6) is 0 Å². The van der Waals surface area contributed by atoms with Crippen LogP contribution in [0, 0.1) is 11.3 Å². The number of para-hydroxylation sites is 1. The highest BCUT2D eigenvalue weighted by atomic mass is 35.5. The van der Waals surface area contributed by atoms with E-state index in [0.29, 0.717) is 17.1 Å². The minimum atomic E-state index is 0.176. The fraction of sp³-hybridized carbons (Fsp3) is 0.333. The van der Waals surface area contributed by atoms with Crippen molar-refractivity contribution >= 4 is 28.9 Å². The number of amides is 1. The molecule has 1 saturated heterocycles. The first-order valence-corrected chi connectivity index (χ1v) is 9.59. The number of carbonyl (C=O) groups excluding carboxylic acids is 1. The van der Waals surface area contributed by atoms with Gasteiger partial charge < -0.3 is 9.80 Å². The molecule has 0 atom stereocenters. The Morgan fingerprint density at radius 2 is 1.85 bits per heavy atom. The molecule has 0 bridgehead atoms. The third-order valence-electron chi connectivity index (χ3n) is 5.36. The second kappa shape index (κ2) is 7.59. The standard InChI is InChI=1S/C21H21ClN4O/c22-19-13-18(6-5-17(19)14-23)25-11-9-24(10-12-25)15-21(27)26-8-7-16-3-1-2-4-20(16)26/h1-6,13H,7-12,15H2. The number of carbonyl (C=O) groups is 1. The molecular formula is C21H21ClN4O. The Kier molecular flexibility index (Phi) is 5.02. The summed E-state index contributed by atoms with van der Waals surface area (Å²) >= 11 is 6.15. The lowest BCUT2D eigenvalue weighted by Crippen LogP contribution is -2.50. The number of benzene rings is 2. The first-order chi connectivity index (χ1) is 13.2. The molecule has 0 unspecified atom stereocenters. The summed E-state index contributed by atoms with van der Waals surface area (Å²) in [5, 5.41) is 9.49. The number of hydrogen-bond acceptors (Lipinski definition) is 4. The van der Waals surface area contributed by atoms with Crippen molar-refractivity contribution < 1.29 is 4.79 Å². The third kappa shape index (κ3) is 3.64. The molecule has 27 heavy (non-hydrogen) atoms. The lowest BCUT2D eigenvalue weighted by molar-refractivity contribution is -0.119. The Morgan fingerprint density at radius 3 is 2.59 bits per heavy atom. The second-order valence-electron chi connectivity index (χ2n) is 6.96. The highest BCUT2D eigenvalue weighted by Gasteiger charge is 2.27. The molecule has 5 nitrogen and oxygen atoms in total. The molecule has 2 aliphatic rings. The minimum absolute atomic E-state index is 0.176. The van der Waals surface area contributed by atoms with Crippen molar-refractivity contribution in [3.63, 3.8) is 0 Å². The van der Waals surface area contributed by atoms with Gasteiger partial charge in [-0.2, -0.15) is 5.26 Å². The Morgan fingerprint density at radius 1 is 1.07 bits per heavy atom. The number of hydrogen-bond donors (Lipinski definition) is 0. The van der Waals surface area contributed by atoms with E-state index in [-0.39, 0.29) is 5.91 Å². The van der Waals surface area contributed by atoms with Gasteiger partial charge in [0, 0.05) is 44.1 Å². The van der Waals surface area contributed by atoms with E-state index in [1.165, 1.54) is 5.56 Å². The zero-order valence-electron chi connectivity index (χ0n) is 15.1. The number of halogens is 1. The van der Waals surface area contributed by atoms with E-state index >= 15 is 0 Å². The van der Waals surface area contributed by atoms with Crippen molar-refractivity contribution in [2.45, 2.75) is 6.42 Å². The molecule has 1 amide bonds. The van der Waals surface area contributed by atoms with E-state index in [0.717, 1.165) is 50.5 Å². The van der Waals surface area contributed by atoms with Gasteiger partial charge in [0.15, 0.2) is 0 Å². The van der Waals surface area contributed by atoms with Crippen LogP contribution < -0.4 is 9.80 Å². The lowest BCUT2D eigenvalue weighted by atomic mass is 10.2. The largest absolute Gasteiger partial charge is 0.369 e. The number of nitrogens with zero attached hydrogens (tertiary/aromatic N) is 4. The van der Waals surface area contributed by atoms with Crippen LogP contribution in [0.15, 0.2) is 42.5 Å². The first kappa shape index (κ1) is 17.8. The molecule has 0 saturated carbocycles. The third-order valence-corrected chi connectivity index (χ3v) is 5.67. The zero-order valence-corrected chi connectivity index (χ0v) is 15.8. The van der Waals surface area contributed by atoms with Gasteiger partial charge >= 0.3 is 0 Å². The van der Waals surface area contributed by atoms with Crippen LogP contribution in [0.25, 0.3) is 0 Å². The maximum Gasteiger partial charge on any atom is 0.241 e. The van der Waals surface area contributed by atoms with E-state index in [1.54, 1.807) is 6.07 Å². The topological polar surface area (TPSA) is 50.6 Å². The molecule has 0 spiro atoms. The van der Waals surface area contributed by atoms with E-state index in [4.69, 9.17) is 16.9 Å². The summed E-state index contributed by atoms with van der Waals surface area (Å²) in [4.78, 5) is 19.1. The van der Waals surface area contributed by atoms with Crippen LogP contribution in [-0.2, 0) is 11.2 Å². The van der Waals surface area contributed by atoms with E-state index in [2.05, 4.69) is 21.9 Å². The van der Waals surface area contributed by atoms with Gasteiger partial charge in [-0.15, -0.1) is 0 Å².